The van der Waals surface area contributed by atoms with Crippen molar-refractivity contribution in [1.29, 1.82) is 0 Å². The van der Waals surface area contributed by atoms with Crippen molar-refractivity contribution >= 4 is 21.6 Å². The maximum Gasteiger partial charge on any atom is 0.243 e. The van der Waals surface area contributed by atoms with Crippen LogP contribution >= 0.6 is 11.6 Å². The average Bonchev–Trinajstić information content (AvgIpc) is 2.48. The van der Waals surface area contributed by atoms with Gasteiger partial charge in [-0.2, -0.15) is 4.31 Å². The molecule has 1 aliphatic rings. The lowest BCUT2D eigenvalue weighted by Crippen LogP contribution is -2.37. The molecule has 0 aliphatic carbocycles. The number of nitrogens with zero attached hydrogens (tertiary/aromatic N) is 1. The van der Waals surface area contributed by atoms with Gasteiger partial charge in [0, 0.05) is 18.7 Å². The second-order valence-corrected chi connectivity index (χ2v) is 7.63. The molecule has 118 valence electrons. The summed E-state index contributed by atoms with van der Waals surface area (Å²) in [6, 6.07) is 4.93. The molecule has 0 saturated carbocycles. The fourth-order valence-electron chi connectivity index (χ4n) is 2.49. The van der Waals surface area contributed by atoms with E-state index in [0.29, 0.717) is 41.8 Å². The van der Waals surface area contributed by atoms with Crippen LogP contribution in [0.5, 0.6) is 5.75 Å². The molecule has 1 aliphatic heterocycles. The first-order valence-corrected chi connectivity index (χ1v) is 9.28. The van der Waals surface area contributed by atoms with Gasteiger partial charge in [-0.05, 0) is 43.9 Å². The molecule has 1 aromatic rings. The normalized spacial score (nSPS) is 17.9. The molecule has 0 aromatic heterocycles. The number of benzene rings is 1. The fraction of sp³-hybridized carbons (Fsp3) is 0.600. The van der Waals surface area contributed by atoms with Crippen LogP contribution in [-0.4, -0.2) is 32.4 Å². The van der Waals surface area contributed by atoms with Crippen molar-refractivity contribution in [2.24, 2.45) is 5.92 Å². The fourth-order valence-corrected chi connectivity index (χ4v) is 4.22. The molecular formula is C15H22ClNO3S. The van der Waals surface area contributed by atoms with E-state index in [1.54, 1.807) is 22.5 Å². The summed E-state index contributed by atoms with van der Waals surface area (Å²) in [7, 11) is -3.43. The summed E-state index contributed by atoms with van der Waals surface area (Å²) >= 11 is 5.91. The molecule has 0 N–H and O–H groups in total. The van der Waals surface area contributed by atoms with Crippen LogP contribution in [0.3, 0.4) is 0 Å². The van der Waals surface area contributed by atoms with Crippen molar-refractivity contribution in [3.8, 4) is 5.75 Å². The Kier molecular flexibility index (Phi) is 5.52. The number of piperidine rings is 1. The van der Waals surface area contributed by atoms with Crippen molar-refractivity contribution in [3.05, 3.63) is 23.8 Å². The lowest BCUT2D eigenvalue weighted by molar-refractivity contribution is 0.288. The summed E-state index contributed by atoms with van der Waals surface area (Å²) in [6.45, 7) is 5.75. The third kappa shape index (κ3) is 3.71. The molecule has 0 radical (unpaired) electrons. The quantitative estimate of drug-likeness (QED) is 0.778. The van der Waals surface area contributed by atoms with Gasteiger partial charge >= 0.3 is 0 Å². The predicted octanol–water partition coefficient (Wildman–Crippen LogP) is 3.24. The Balaban J connectivity index is 2.27. The van der Waals surface area contributed by atoms with E-state index in [4.69, 9.17) is 16.3 Å². The Morgan fingerprint density at radius 3 is 2.57 bits per heavy atom. The van der Waals surface area contributed by atoms with Crippen LogP contribution in [0, 0.1) is 5.92 Å². The molecular weight excluding hydrogens is 310 g/mol. The Labute approximate surface area is 132 Å². The molecule has 0 amide bonds. The van der Waals surface area contributed by atoms with Crippen LogP contribution in [0.4, 0.5) is 0 Å². The minimum Gasteiger partial charge on any atom is -0.494 e. The molecule has 1 fully saturated rings. The van der Waals surface area contributed by atoms with Crippen molar-refractivity contribution in [2.75, 3.05) is 19.7 Å². The first-order valence-electron chi connectivity index (χ1n) is 7.31. The highest BCUT2D eigenvalue weighted by Gasteiger charge is 2.28. The van der Waals surface area contributed by atoms with Gasteiger partial charge in [0.05, 0.1) is 17.4 Å². The molecule has 4 nitrogen and oxygen atoms in total. The van der Waals surface area contributed by atoms with Crippen LogP contribution in [-0.2, 0) is 15.9 Å². The van der Waals surface area contributed by atoms with E-state index in [1.807, 2.05) is 6.92 Å². The van der Waals surface area contributed by atoms with Crippen molar-refractivity contribution in [1.82, 2.24) is 4.31 Å². The Hall–Kier alpha value is -0.780. The number of halogens is 1. The molecule has 6 heteroatoms. The maximum absolute atomic E-state index is 12.7. The molecule has 21 heavy (non-hydrogen) atoms. The minimum absolute atomic E-state index is 0.232. The number of hydrogen-bond acceptors (Lipinski definition) is 3. The number of hydrogen-bond donors (Lipinski definition) is 0. The third-order valence-corrected chi connectivity index (χ3v) is 6.04. The molecule has 1 aromatic carbocycles. The van der Waals surface area contributed by atoms with Gasteiger partial charge in [-0.1, -0.05) is 6.92 Å². The lowest BCUT2D eigenvalue weighted by atomic mass is 10.0. The summed E-state index contributed by atoms with van der Waals surface area (Å²) in [5.41, 5.74) is 0.713. The highest BCUT2D eigenvalue weighted by Crippen LogP contribution is 2.28. The van der Waals surface area contributed by atoms with Gasteiger partial charge in [0.25, 0.3) is 0 Å². The van der Waals surface area contributed by atoms with E-state index >= 15 is 0 Å². The molecule has 0 bridgehead atoms. The third-order valence-electron chi connectivity index (χ3n) is 3.86. The van der Waals surface area contributed by atoms with Crippen LogP contribution in [0.1, 0.15) is 32.3 Å². The SMILES string of the molecule is CCOc1ccc(S(=O)(=O)N2CCC(C)CC2)cc1CCl. The van der Waals surface area contributed by atoms with Crippen LogP contribution in [0.25, 0.3) is 0 Å². The molecule has 0 spiro atoms. The Bertz CT molecular complexity index is 581. The van der Waals surface area contributed by atoms with Gasteiger partial charge in [0.1, 0.15) is 5.75 Å². The smallest absolute Gasteiger partial charge is 0.243 e. The topological polar surface area (TPSA) is 46.6 Å². The Morgan fingerprint density at radius 1 is 1.33 bits per heavy atom. The summed E-state index contributed by atoms with van der Waals surface area (Å²) in [4.78, 5) is 0.302. The number of alkyl halides is 1. The summed E-state index contributed by atoms with van der Waals surface area (Å²) in [5.74, 6) is 1.48. The average molecular weight is 332 g/mol. The molecule has 1 saturated heterocycles. The van der Waals surface area contributed by atoms with Crippen LogP contribution in [0.15, 0.2) is 23.1 Å². The van der Waals surface area contributed by atoms with E-state index in [-0.39, 0.29) is 5.88 Å². The monoisotopic (exact) mass is 331 g/mol. The van der Waals surface area contributed by atoms with E-state index in [9.17, 15) is 8.42 Å². The van der Waals surface area contributed by atoms with Crippen LogP contribution < -0.4 is 4.74 Å². The standard InChI is InChI=1S/C15H22ClNO3S/c1-3-20-15-5-4-14(10-13(15)11-16)21(18,19)17-8-6-12(2)7-9-17/h4-5,10,12H,3,6-9,11H2,1-2H3. The number of ether oxygens (including phenoxy) is 1. The molecule has 1 heterocycles. The maximum atomic E-state index is 12.7. The lowest BCUT2D eigenvalue weighted by Gasteiger charge is -2.29. The minimum atomic E-state index is -3.43. The van der Waals surface area contributed by atoms with E-state index in [2.05, 4.69) is 6.92 Å². The molecule has 0 atom stereocenters. The van der Waals surface area contributed by atoms with E-state index in [1.165, 1.54) is 0 Å². The van der Waals surface area contributed by atoms with Crippen molar-refractivity contribution < 1.29 is 13.2 Å². The van der Waals surface area contributed by atoms with Crippen molar-refractivity contribution in [3.63, 3.8) is 0 Å². The zero-order valence-corrected chi connectivity index (χ0v) is 14.1. The van der Waals surface area contributed by atoms with E-state index < -0.39 is 10.0 Å². The summed E-state index contributed by atoms with van der Waals surface area (Å²) in [6.07, 6.45) is 1.83. The second kappa shape index (κ2) is 6.99. The van der Waals surface area contributed by atoms with Gasteiger partial charge in [-0.3, -0.25) is 0 Å². The van der Waals surface area contributed by atoms with Gasteiger partial charge < -0.3 is 4.74 Å². The molecule has 2 rings (SSSR count). The summed E-state index contributed by atoms with van der Waals surface area (Å²) in [5, 5.41) is 0. The van der Waals surface area contributed by atoms with Gasteiger partial charge in [-0.25, -0.2) is 8.42 Å². The zero-order valence-electron chi connectivity index (χ0n) is 12.5. The van der Waals surface area contributed by atoms with Crippen molar-refractivity contribution in [2.45, 2.75) is 37.5 Å². The van der Waals surface area contributed by atoms with Crippen LogP contribution in [0.2, 0.25) is 0 Å². The van der Waals surface area contributed by atoms with Gasteiger partial charge in [0.2, 0.25) is 10.0 Å². The Morgan fingerprint density at radius 2 is 2.00 bits per heavy atom. The molecule has 0 unspecified atom stereocenters. The van der Waals surface area contributed by atoms with Gasteiger partial charge in [0.15, 0.2) is 0 Å². The highest BCUT2D eigenvalue weighted by atomic mass is 35.5. The van der Waals surface area contributed by atoms with E-state index in [0.717, 1.165) is 12.8 Å². The first kappa shape index (κ1) is 16.6. The highest BCUT2D eigenvalue weighted by molar-refractivity contribution is 7.89. The van der Waals surface area contributed by atoms with Gasteiger partial charge in [-0.15, -0.1) is 11.6 Å². The first-order chi connectivity index (χ1) is 9.98. The predicted molar refractivity (Wildman–Crippen MR) is 84.3 cm³/mol. The number of sulfonamides is 1. The largest absolute Gasteiger partial charge is 0.494 e. The summed E-state index contributed by atoms with van der Waals surface area (Å²) < 4.78 is 32.4. The zero-order chi connectivity index (χ0) is 15.5. The number of rotatable bonds is 5. The second-order valence-electron chi connectivity index (χ2n) is 5.42.